The van der Waals surface area contributed by atoms with Gasteiger partial charge in [0.1, 0.15) is 0 Å². The van der Waals surface area contributed by atoms with E-state index in [9.17, 15) is 0 Å². The Labute approximate surface area is 290 Å². The second-order valence-electron chi connectivity index (χ2n) is 13.1. The molecular formula is C43H53FeN2-. The number of allylic oxidation sites excluding steroid dienone is 2. The minimum Gasteiger partial charge on any atom is -0.661 e. The van der Waals surface area contributed by atoms with Crippen LogP contribution >= 0.6 is 0 Å². The molecule has 4 aromatic rings. The van der Waals surface area contributed by atoms with E-state index in [0.717, 1.165) is 28.4 Å². The monoisotopic (exact) mass is 653 g/mol. The predicted octanol–water partition coefficient (Wildman–Crippen LogP) is 13.6. The fraction of sp³-hybridized carbons (Fsp3) is 0.326. The molecule has 3 heteroatoms. The van der Waals surface area contributed by atoms with Gasteiger partial charge in [0.2, 0.25) is 0 Å². The Kier molecular flexibility index (Phi) is 15.5. The molecule has 0 aliphatic heterocycles. The van der Waals surface area contributed by atoms with Gasteiger partial charge in [0.25, 0.3) is 0 Å². The Morgan fingerprint density at radius 2 is 0.935 bits per heavy atom. The van der Waals surface area contributed by atoms with Crippen LogP contribution in [0.3, 0.4) is 0 Å². The number of hydrogen-bond acceptors (Lipinski definition) is 1. The third-order valence-electron chi connectivity index (χ3n) is 7.92. The SMILES string of the molecule is C=C(c1ccccc1)c1ccccc1.CC(/C=C(/C)[N-]c1c(C(C)C)cccc1C(C)C)=Nc1c(C(C)C)cccc1C(C)C.[Fe]. The zero-order valence-corrected chi connectivity index (χ0v) is 30.7. The molecule has 0 atom stereocenters. The minimum atomic E-state index is 0. The number of aliphatic imine (C=N–C) groups is 1. The molecule has 244 valence electrons. The van der Waals surface area contributed by atoms with Crippen LogP contribution < -0.4 is 0 Å². The molecule has 0 heterocycles. The van der Waals surface area contributed by atoms with Gasteiger partial charge in [0.05, 0.1) is 5.69 Å². The van der Waals surface area contributed by atoms with Crippen molar-refractivity contribution >= 4 is 22.7 Å². The van der Waals surface area contributed by atoms with Crippen LogP contribution in [0.15, 0.2) is 120 Å². The van der Waals surface area contributed by atoms with Crippen molar-refractivity contribution in [3.05, 3.63) is 154 Å². The first-order valence-corrected chi connectivity index (χ1v) is 16.4. The molecule has 0 N–H and O–H groups in total. The van der Waals surface area contributed by atoms with Crippen molar-refractivity contribution in [3.63, 3.8) is 0 Å². The largest absolute Gasteiger partial charge is 0.661 e. The summed E-state index contributed by atoms with van der Waals surface area (Å²) < 4.78 is 0. The van der Waals surface area contributed by atoms with Gasteiger partial charge in [-0.3, -0.25) is 4.99 Å². The second kappa shape index (κ2) is 18.5. The summed E-state index contributed by atoms with van der Waals surface area (Å²) >= 11 is 0. The molecule has 0 bridgehead atoms. The summed E-state index contributed by atoms with van der Waals surface area (Å²) in [6.45, 7) is 26.2. The van der Waals surface area contributed by atoms with Gasteiger partial charge < -0.3 is 5.32 Å². The van der Waals surface area contributed by atoms with Crippen LogP contribution in [-0.4, -0.2) is 5.71 Å². The summed E-state index contributed by atoms with van der Waals surface area (Å²) in [7, 11) is 0. The van der Waals surface area contributed by atoms with Crippen LogP contribution in [0.1, 0.15) is 126 Å². The van der Waals surface area contributed by atoms with Gasteiger partial charge in [0.15, 0.2) is 0 Å². The molecule has 0 saturated carbocycles. The maximum absolute atomic E-state index is 5.08. The Morgan fingerprint density at radius 1 is 0.565 bits per heavy atom. The Balaban J connectivity index is 0.000000408. The molecule has 46 heavy (non-hydrogen) atoms. The summed E-state index contributed by atoms with van der Waals surface area (Å²) in [6, 6.07) is 33.6. The molecule has 0 amide bonds. The van der Waals surface area contributed by atoms with Gasteiger partial charge in [-0.1, -0.05) is 183 Å². The quantitative estimate of drug-likeness (QED) is 0.120. The van der Waals surface area contributed by atoms with Gasteiger partial charge in [-0.2, -0.15) is 5.70 Å². The minimum absolute atomic E-state index is 0. The van der Waals surface area contributed by atoms with E-state index in [4.69, 9.17) is 10.3 Å². The number of rotatable bonds is 10. The number of nitrogens with zero attached hydrogens (tertiary/aromatic N) is 2. The van der Waals surface area contributed by atoms with E-state index in [-0.39, 0.29) is 17.1 Å². The Bertz CT molecular complexity index is 1500. The van der Waals surface area contributed by atoms with Crippen molar-refractivity contribution in [2.24, 2.45) is 4.99 Å². The third kappa shape index (κ3) is 10.7. The molecule has 0 aliphatic carbocycles. The standard InChI is InChI=1S/C29H41N2.C14H12.Fe/c1-18(2)24-13-11-14-25(19(3)4)28(24)30-22(9)17-23(10)31-29-26(20(5)6)15-12-16-27(29)21(7)8;1-12(13-8-4-2-5-9-13)14-10-6-3-7-11-14;/h11-21H,1-10H3;2-11H,1H2;/q-1;;/b22-17-,31-23?;;. The molecule has 4 aromatic carbocycles. The zero-order valence-electron chi connectivity index (χ0n) is 29.6. The summed E-state index contributed by atoms with van der Waals surface area (Å²) in [4.78, 5) is 5.08. The van der Waals surface area contributed by atoms with Crippen LogP contribution in [0, 0.1) is 0 Å². The maximum atomic E-state index is 5.08. The molecule has 4 rings (SSSR count). The number of hydrogen-bond donors (Lipinski definition) is 0. The normalized spacial score (nSPS) is 11.8. The van der Waals surface area contributed by atoms with Gasteiger partial charge >= 0.3 is 0 Å². The topological polar surface area (TPSA) is 26.5 Å². The molecular weight excluding hydrogens is 600 g/mol. The van der Waals surface area contributed by atoms with Gasteiger partial charge in [-0.05, 0) is 58.4 Å². The van der Waals surface area contributed by atoms with E-state index < -0.39 is 0 Å². The first kappa shape index (κ1) is 38.5. The van der Waals surface area contributed by atoms with E-state index >= 15 is 0 Å². The van der Waals surface area contributed by atoms with E-state index in [1.54, 1.807) is 0 Å². The van der Waals surface area contributed by atoms with Crippen LogP contribution in [0.4, 0.5) is 11.4 Å². The molecule has 0 fully saturated rings. The summed E-state index contributed by atoms with van der Waals surface area (Å²) in [6.07, 6.45) is 2.11. The summed E-state index contributed by atoms with van der Waals surface area (Å²) in [5.41, 5.74) is 12.9. The molecule has 0 saturated heterocycles. The first-order valence-electron chi connectivity index (χ1n) is 16.4. The molecule has 0 radical (unpaired) electrons. The van der Waals surface area contributed by atoms with E-state index in [1.165, 1.54) is 33.4 Å². The molecule has 0 spiro atoms. The third-order valence-corrected chi connectivity index (χ3v) is 7.92. The van der Waals surface area contributed by atoms with Crippen molar-refractivity contribution in [2.75, 3.05) is 0 Å². The predicted molar refractivity (Wildman–Crippen MR) is 200 cm³/mol. The van der Waals surface area contributed by atoms with Gasteiger partial charge in [-0.25, -0.2) is 0 Å². The van der Waals surface area contributed by atoms with E-state index in [1.807, 2.05) is 36.4 Å². The van der Waals surface area contributed by atoms with Crippen molar-refractivity contribution in [2.45, 2.75) is 92.9 Å². The van der Waals surface area contributed by atoms with E-state index in [2.05, 4.69) is 143 Å². The van der Waals surface area contributed by atoms with Crippen molar-refractivity contribution in [1.82, 2.24) is 0 Å². The summed E-state index contributed by atoms with van der Waals surface area (Å²) in [5, 5.41) is 5.08. The van der Waals surface area contributed by atoms with Crippen molar-refractivity contribution in [3.8, 4) is 0 Å². The zero-order chi connectivity index (χ0) is 33.1. The smallest absolute Gasteiger partial charge is 0.0701 e. The fourth-order valence-corrected chi connectivity index (χ4v) is 5.45. The average Bonchev–Trinajstić information content (AvgIpc) is 3.01. The van der Waals surface area contributed by atoms with Crippen molar-refractivity contribution in [1.29, 1.82) is 0 Å². The van der Waals surface area contributed by atoms with Crippen LogP contribution in [0.2, 0.25) is 0 Å². The number of benzene rings is 4. The average molecular weight is 654 g/mol. The Hall–Kier alpha value is -3.65. The molecule has 0 aliphatic rings. The van der Waals surface area contributed by atoms with Crippen LogP contribution in [-0.2, 0) is 17.1 Å². The maximum Gasteiger partial charge on any atom is 0.0701 e. The fourth-order valence-electron chi connectivity index (χ4n) is 5.45. The first-order chi connectivity index (χ1) is 21.4. The van der Waals surface area contributed by atoms with Crippen LogP contribution in [0.25, 0.3) is 10.9 Å². The van der Waals surface area contributed by atoms with E-state index in [0.29, 0.717) is 23.7 Å². The summed E-state index contributed by atoms with van der Waals surface area (Å²) in [5.74, 6) is 1.75. The van der Waals surface area contributed by atoms with Gasteiger partial charge in [0, 0.05) is 22.8 Å². The molecule has 0 unspecified atom stereocenters. The molecule has 2 nitrogen and oxygen atoms in total. The molecule has 0 aromatic heterocycles. The van der Waals surface area contributed by atoms with Gasteiger partial charge in [-0.15, -0.1) is 5.69 Å². The van der Waals surface area contributed by atoms with Crippen LogP contribution in [0.5, 0.6) is 0 Å². The number of para-hydroxylation sites is 2. The van der Waals surface area contributed by atoms with Crippen molar-refractivity contribution < 1.29 is 17.1 Å². The Morgan fingerprint density at radius 3 is 1.30 bits per heavy atom. The second-order valence-corrected chi connectivity index (χ2v) is 13.1.